The summed E-state index contributed by atoms with van der Waals surface area (Å²) < 4.78 is 0. The van der Waals surface area contributed by atoms with Gasteiger partial charge in [0.1, 0.15) is 0 Å². The van der Waals surface area contributed by atoms with Gasteiger partial charge in [-0.1, -0.05) is 18.2 Å². The molecule has 0 aliphatic rings. The Morgan fingerprint density at radius 3 is 2.10 bits per heavy atom. The van der Waals surface area contributed by atoms with Crippen molar-refractivity contribution >= 4 is 29.3 Å². The fraction of sp³-hybridized carbons (Fsp3) is 0.500. The van der Waals surface area contributed by atoms with Crippen molar-refractivity contribution in [2.75, 3.05) is 16.8 Å². The van der Waals surface area contributed by atoms with Gasteiger partial charge in [0, 0.05) is 11.2 Å². The summed E-state index contributed by atoms with van der Waals surface area (Å²) in [6, 6.07) is 5.89. The van der Waals surface area contributed by atoms with Crippen LogP contribution in [0, 0.1) is 13.8 Å². The second-order valence-electron chi connectivity index (χ2n) is 6.11. The quantitative estimate of drug-likeness (QED) is 0.879. The van der Waals surface area contributed by atoms with Crippen molar-refractivity contribution < 1.29 is 9.59 Å². The van der Waals surface area contributed by atoms with E-state index >= 15 is 0 Å². The standard InChI is InChI=1S/C16H24N2O2S/c1-11-7-6-8-12(2)15(11)17-13(19)9-21-10-14(20)18-16(3,4)5/h6-8H,9-10H2,1-5H3,(H,17,19)(H,18,20). The van der Waals surface area contributed by atoms with Gasteiger partial charge in [0.2, 0.25) is 11.8 Å². The molecule has 0 heterocycles. The molecule has 2 N–H and O–H groups in total. The second-order valence-corrected chi connectivity index (χ2v) is 7.09. The highest BCUT2D eigenvalue weighted by Crippen LogP contribution is 2.19. The predicted octanol–water partition coefficient (Wildman–Crippen LogP) is 2.89. The van der Waals surface area contributed by atoms with Crippen LogP contribution in [0.5, 0.6) is 0 Å². The van der Waals surface area contributed by atoms with E-state index in [2.05, 4.69) is 10.6 Å². The number of nitrogens with one attached hydrogen (secondary N) is 2. The van der Waals surface area contributed by atoms with Crippen LogP contribution < -0.4 is 10.6 Å². The van der Waals surface area contributed by atoms with Crippen LogP contribution in [0.3, 0.4) is 0 Å². The number of rotatable bonds is 5. The third-order valence-electron chi connectivity index (χ3n) is 2.73. The van der Waals surface area contributed by atoms with E-state index in [1.165, 1.54) is 11.8 Å². The molecule has 4 nitrogen and oxygen atoms in total. The fourth-order valence-corrected chi connectivity index (χ4v) is 2.50. The first-order valence-electron chi connectivity index (χ1n) is 6.94. The molecule has 0 saturated heterocycles. The SMILES string of the molecule is Cc1cccc(C)c1NC(=O)CSCC(=O)NC(C)(C)C. The molecule has 0 radical (unpaired) electrons. The molecule has 0 saturated carbocycles. The van der Waals surface area contributed by atoms with E-state index < -0.39 is 0 Å². The molecule has 0 aromatic heterocycles. The number of hydrogen-bond donors (Lipinski definition) is 2. The van der Waals surface area contributed by atoms with Crippen molar-refractivity contribution in [2.24, 2.45) is 0 Å². The first kappa shape index (κ1) is 17.6. The van der Waals surface area contributed by atoms with Gasteiger partial charge in [-0.15, -0.1) is 11.8 Å². The minimum absolute atomic E-state index is 0.0487. The number of aryl methyl sites for hydroxylation is 2. The van der Waals surface area contributed by atoms with Crippen LogP contribution in [-0.4, -0.2) is 28.9 Å². The molecular formula is C16H24N2O2S. The Morgan fingerprint density at radius 1 is 1.05 bits per heavy atom. The van der Waals surface area contributed by atoms with Gasteiger partial charge in [-0.05, 0) is 45.7 Å². The lowest BCUT2D eigenvalue weighted by molar-refractivity contribution is -0.119. The molecule has 1 aromatic rings. The zero-order chi connectivity index (χ0) is 16.0. The molecule has 0 aliphatic carbocycles. The Hall–Kier alpha value is -1.49. The average molecular weight is 308 g/mol. The van der Waals surface area contributed by atoms with Crippen molar-refractivity contribution in [3.63, 3.8) is 0 Å². The lowest BCUT2D eigenvalue weighted by atomic mass is 10.1. The van der Waals surface area contributed by atoms with Crippen molar-refractivity contribution in [3.05, 3.63) is 29.3 Å². The largest absolute Gasteiger partial charge is 0.351 e. The van der Waals surface area contributed by atoms with Crippen molar-refractivity contribution in [1.29, 1.82) is 0 Å². The third kappa shape index (κ3) is 6.67. The van der Waals surface area contributed by atoms with E-state index in [1.54, 1.807) is 0 Å². The summed E-state index contributed by atoms with van der Waals surface area (Å²) in [4.78, 5) is 23.6. The number of carbonyl (C=O) groups is 2. The molecule has 2 amide bonds. The van der Waals surface area contributed by atoms with E-state index in [0.29, 0.717) is 0 Å². The predicted molar refractivity (Wildman–Crippen MR) is 89.8 cm³/mol. The summed E-state index contributed by atoms with van der Waals surface area (Å²) in [5.41, 5.74) is 2.71. The molecule has 0 unspecified atom stereocenters. The molecule has 21 heavy (non-hydrogen) atoms. The maximum atomic E-state index is 11.9. The summed E-state index contributed by atoms with van der Waals surface area (Å²) in [6.07, 6.45) is 0. The molecule has 0 spiro atoms. The minimum atomic E-state index is -0.238. The van der Waals surface area contributed by atoms with Crippen LogP contribution in [0.4, 0.5) is 5.69 Å². The van der Waals surface area contributed by atoms with Gasteiger partial charge in [0.05, 0.1) is 11.5 Å². The van der Waals surface area contributed by atoms with Gasteiger partial charge in [-0.3, -0.25) is 9.59 Å². The number of carbonyl (C=O) groups excluding carboxylic acids is 2. The summed E-state index contributed by atoms with van der Waals surface area (Å²) in [6.45, 7) is 9.73. The van der Waals surface area contributed by atoms with Gasteiger partial charge >= 0.3 is 0 Å². The summed E-state index contributed by atoms with van der Waals surface area (Å²) in [5.74, 6) is 0.427. The molecule has 116 valence electrons. The van der Waals surface area contributed by atoms with Gasteiger partial charge < -0.3 is 10.6 Å². The normalized spacial score (nSPS) is 11.1. The zero-order valence-corrected chi connectivity index (χ0v) is 14.2. The maximum Gasteiger partial charge on any atom is 0.234 e. The van der Waals surface area contributed by atoms with Gasteiger partial charge in [-0.25, -0.2) is 0 Å². The number of para-hydroxylation sites is 1. The van der Waals surface area contributed by atoms with E-state index in [1.807, 2.05) is 52.8 Å². The molecule has 1 aromatic carbocycles. The molecule has 0 bridgehead atoms. The Morgan fingerprint density at radius 2 is 1.57 bits per heavy atom. The Balaban J connectivity index is 2.40. The highest BCUT2D eigenvalue weighted by Gasteiger charge is 2.14. The lowest BCUT2D eigenvalue weighted by Crippen LogP contribution is -2.41. The third-order valence-corrected chi connectivity index (χ3v) is 3.66. The van der Waals surface area contributed by atoms with Crippen LogP contribution in [0.25, 0.3) is 0 Å². The maximum absolute atomic E-state index is 11.9. The van der Waals surface area contributed by atoms with Gasteiger partial charge in [0.25, 0.3) is 0 Å². The Kier molecular flexibility index (Phi) is 6.27. The second kappa shape index (κ2) is 7.50. The highest BCUT2D eigenvalue weighted by molar-refractivity contribution is 8.00. The first-order chi connectivity index (χ1) is 9.69. The summed E-state index contributed by atoms with van der Waals surface area (Å²) in [5, 5.41) is 5.78. The molecule has 5 heteroatoms. The van der Waals surface area contributed by atoms with Crippen LogP contribution in [0.1, 0.15) is 31.9 Å². The van der Waals surface area contributed by atoms with Crippen molar-refractivity contribution in [1.82, 2.24) is 5.32 Å². The number of hydrogen-bond acceptors (Lipinski definition) is 3. The van der Waals surface area contributed by atoms with E-state index in [9.17, 15) is 9.59 Å². The van der Waals surface area contributed by atoms with Crippen LogP contribution in [0.15, 0.2) is 18.2 Å². The van der Waals surface area contributed by atoms with Gasteiger partial charge in [0.15, 0.2) is 0 Å². The number of amides is 2. The number of anilines is 1. The minimum Gasteiger partial charge on any atom is -0.351 e. The molecule has 1 rings (SSSR count). The molecule has 0 fully saturated rings. The Labute approximate surface area is 131 Å². The fourth-order valence-electron chi connectivity index (χ4n) is 1.88. The molecular weight excluding hydrogens is 284 g/mol. The summed E-state index contributed by atoms with van der Waals surface area (Å²) in [7, 11) is 0. The Bertz CT molecular complexity index is 501. The lowest BCUT2D eigenvalue weighted by Gasteiger charge is -2.20. The van der Waals surface area contributed by atoms with Crippen LogP contribution in [0.2, 0.25) is 0 Å². The molecule has 0 atom stereocenters. The topological polar surface area (TPSA) is 58.2 Å². The van der Waals surface area contributed by atoms with Crippen LogP contribution >= 0.6 is 11.8 Å². The highest BCUT2D eigenvalue weighted by atomic mass is 32.2. The van der Waals surface area contributed by atoms with Crippen LogP contribution in [-0.2, 0) is 9.59 Å². The molecule has 0 aliphatic heterocycles. The number of benzene rings is 1. The van der Waals surface area contributed by atoms with Crippen molar-refractivity contribution in [3.8, 4) is 0 Å². The smallest absolute Gasteiger partial charge is 0.234 e. The first-order valence-corrected chi connectivity index (χ1v) is 8.09. The summed E-state index contributed by atoms with van der Waals surface area (Å²) >= 11 is 1.32. The van der Waals surface area contributed by atoms with Crippen molar-refractivity contribution in [2.45, 2.75) is 40.2 Å². The zero-order valence-electron chi connectivity index (χ0n) is 13.4. The number of thioether (sulfide) groups is 1. The van der Waals surface area contributed by atoms with E-state index in [4.69, 9.17) is 0 Å². The monoisotopic (exact) mass is 308 g/mol. The van der Waals surface area contributed by atoms with E-state index in [0.717, 1.165) is 16.8 Å². The van der Waals surface area contributed by atoms with E-state index in [-0.39, 0.29) is 28.9 Å². The van der Waals surface area contributed by atoms with Gasteiger partial charge in [-0.2, -0.15) is 0 Å². The average Bonchev–Trinajstić information content (AvgIpc) is 2.31.